The predicted octanol–water partition coefficient (Wildman–Crippen LogP) is 4.62. The molecule has 16 heavy (non-hydrogen) atoms. The third-order valence-electron chi connectivity index (χ3n) is 2.03. The third kappa shape index (κ3) is 2.39. The van der Waals surface area contributed by atoms with Crippen molar-refractivity contribution in [3.05, 3.63) is 32.5 Å². The summed E-state index contributed by atoms with van der Waals surface area (Å²) in [6.07, 6.45) is 0. The van der Waals surface area contributed by atoms with Gasteiger partial charge in [-0.2, -0.15) is 0 Å². The maximum Gasteiger partial charge on any atom is 0.134 e. The first-order valence-corrected chi connectivity index (χ1v) is 6.84. The Bertz CT molecular complexity index is 487. The molecule has 5 heteroatoms. The number of rotatable bonds is 3. The van der Waals surface area contributed by atoms with Gasteiger partial charge in [-0.05, 0) is 28.9 Å². The third-order valence-corrected chi connectivity index (χ3v) is 3.55. The average molecular weight is 319 g/mol. The van der Waals surface area contributed by atoms with Crippen LogP contribution in [0.3, 0.4) is 0 Å². The fourth-order valence-corrected chi connectivity index (χ4v) is 2.60. The van der Waals surface area contributed by atoms with E-state index >= 15 is 0 Å². The first kappa shape index (κ1) is 11.9. The summed E-state index contributed by atoms with van der Waals surface area (Å²) < 4.78 is 6.33. The van der Waals surface area contributed by atoms with Gasteiger partial charge >= 0.3 is 0 Å². The van der Waals surface area contributed by atoms with Crippen LogP contribution < -0.4 is 4.74 Å². The van der Waals surface area contributed by atoms with Gasteiger partial charge in [-0.25, -0.2) is 4.98 Å². The van der Waals surface area contributed by atoms with Crippen LogP contribution in [-0.4, -0.2) is 11.6 Å². The number of ether oxygens (including phenoxy) is 1. The highest BCUT2D eigenvalue weighted by Crippen LogP contribution is 2.36. The summed E-state index contributed by atoms with van der Waals surface area (Å²) in [5.41, 5.74) is 3.59. The van der Waals surface area contributed by atoms with Crippen LogP contribution in [0.1, 0.15) is 6.92 Å². The van der Waals surface area contributed by atoms with Crippen LogP contribution >= 0.6 is 38.9 Å². The van der Waals surface area contributed by atoms with E-state index in [0.29, 0.717) is 11.6 Å². The standard InChI is InChI=1S/C11H9BrClNOS/c1-2-15-11-4-9(13)7(3-8(11)12)10-5-16-6-14-10/h3-6H,2H2,1H3. The number of halogens is 2. The lowest BCUT2D eigenvalue weighted by Crippen LogP contribution is -1.93. The Balaban J connectivity index is 2.46. The van der Waals surface area contributed by atoms with Crippen LogP contribution in [0, 0.1) is 0 Å². The second-order valence-corrected chi connectivity index (χ2v) is 5.05. The Hall–Kier alpha value is -0.580. The van der Waals surface area contributed by atoms with Crippen molar-refractivity contribution in [2.45, 2.75) is 6.92 Å². The van der Waals surface area contributed by atoms with Crippen LogP contribution in [0.2, 0.25) is 5.02 Å². The van der Waals surface area contributed by atoms with Gasteiger partial charge in [-0.3, -0.25) is 0 Å². The topological polar surface area (TPSA) is 22.1 Å². The van der Waals surface area contributed by atoms with Gasteiger partial charge in [-0.15, -0.1) is 11.3 Å². The van der Waals surface area contributed by atoms with E-state index in [4.69, 9.17) is 16.3 Å². The lowest BCUT2D eigenvalue weighted by Gasteiger charge is -2.09. The second-order valence-electron chi connectivity index (χ2n) is 3.07. The van der Waals surface area contributed by atoms with Crippen molar-refractivity contribution in [2.24, 2.45) is 0 Å². The van der Waals surface area contributed by atoms with Crippen molar-refractivity contribution in [1.29, 1.82) is 0 Å². The van der Waals surface area contributed by atoms with Gasteiger partial charge in [0.2, 0.25) is 0 Å². The molecule has 0 atom stereocenters. The number of benzene rings is 1. The van der Waals surface area contributed by atoms with E-state index in [1.807, 2.05) is 24.4 Å². The number of nitrogens with zero attached hydrogens (tertiary/aromatic N) is 1. The van der Waals surface area contributed by atoms with Gasteiger partial charge in [0.05, 0.1) is 27.3 Å². The molecule has 2 nitrogen and oxygen atoms in total. The number of hydrogen-bond acceptors (Lipinski definition) is 3. The zero-order valence-electron chi connectivity index (χ0n) is 8.54. The molecule has 1 aromatic carbocycles. The van der Waals surface area contributed by atoms with Crippen molar-refractivity contribution in [3.8, 4) is 17.0 Å². The van der Waals surface area contributed by atoms with Crippen molar-refractivity contribution in [1.82, 2.24) is 4.98 Å². The van der Waals surface area contributed by atoms with E-state index in [2.05, 4.69) is 20.9 Å². The lowest BCUT2D eigenvalue weighted by atomic mass is 10.1. The molecule has 0 spiro atoms. The van der Waals surface area contributed by atoms with E-state index in [9.17, 15) is 0 Å². The van der Waals surface area contributed by atoms with Gasteiger partial charge in [0, 0.05) is 17.0 Å². The van der Waals surface area contributed by atoms with E-state index in [-0.39, 0.29) is 0 Å². The highest BCUT2D eigenvalue weighted by molar-refractivity contribution is 9.10. The number of aromatic nitrogens is 1. The molecule has 2 rings (SSSR count). The molecule has 0 radical (unpaired) electrons. The van der Waals surface area contributed by atoms with Gasteiger partial charge in [0.1, 0.15) is 5.75 Å². The first-order valence-electron chi connectivity index (χ1n) is 4.72. The fourth-order valence-electron chi connectivity index (χ4n) is 1.34. The Morgan fingerprint density at radius 1 is 1.50 bits per heavy atom. The normalized spacial score (nSPS) is 10.4. The average Bonchev–Trinajstić information content (AvgIpc) is 2.76. The molecule has 0 unspecified atom stereocenters. The Morgan fingerprint density at radius 3 is 2.94 bits per heavy atom. The molecule has 0 saturated heterocycles. The van der Waals surface area contributed by atoms with E-state index in [0.717, 1.165) is 21.5 Å². The van der Waals surface area contributed by atoms with Crippen LogP contribution in [0.25, 0.3) is 11.3 Å². The molecule has 0 aliphatic heterocycles. The Morgan fingerprint density at radius 2 is 2.31 bits per heavy atom. The van der Waals surface area contributed by atoms with Crippen molar-refractivity contribution < 1.29 is 4.74 Å². The van der Waals surface area contributed by atoms with Gasteiger partial charge < -0.3 is 4.74 Å². The molecule has 84 valence electrons. The van der Waals surface area contributed by atoms with Gasteiger partial charge in [-0.1, -0.05) is 11.6 Å². The quantitative estimate of drug-likeness (QED) is 0.823. The van der Waals surface area contributed by atoms with E-state index < -0.39 is 0 Å². The van der Waals surface area contributed by atoms with Crippen molar-refractivity contribution in [2.75, 3.05) is 6.61 Å². The van der Waals surface area contributed by atoms with Crippen LogP contribution in [0.4, 0.5) is 0 Å². The lowest BCUT2D eigenvalue weighted by molar-refractivity contribution is 0.338. The summed E-state index contributed by atoms with van der Waals surface area (Å²) in [7, 11) is 0. The van der Waals surface area contributed by atoms with Crippen LogP contribution in [-0.2, 0) is 0 Å². The molecule has 1 heterocycles. The molecule has 0 fully saturated rings. The molecule has 0 N–H and O–H groups in total. The summed E-state index contributed by atoms with van der Waals surface area (Å²) in [5, 5.41) is 2.62. The minimum Gasteiger partial charge on any atom is -0.493 e. The van der Waals surface area contributed by atoms with Crippen LogP contribution in [0.5, 0.6) is 5.75 Å². The van der Waals surface area contributed by atoms with Crippen molar-refractivity contribution in [3.63, 3.8) is 0 Å². The molecule has 0 aliphatic carbocycles. The maximum absolute atomic E-state index is 6.19. The smallest absolute Gasteiger partial charge is 0.134 e. The molecule has 2 aromatic rings. The number of hydrogen-bond donors (Lipinski definition) is 0. The summed E-state index contributed by atoms with van der Waals surface area (Å²) in [6.45, 7) is 2.56. The minimum atomic E-state index is 0.616. The highest BCUT2D eigenvalue weighted by Gasteiger charge is 2.10. The van der Waals surface area contributed by atoms with E-state index in [1.54, 1.807) is 16.8 Å². The zero-order valence-corrected chi connectivity index (χ0v) is 11.7. The Labute approximate surface area is 111 Å². The van der Waals surface area contributed by atoms with E-state index in [1.165, 1.54) is 0 Å². The van der Waals surface area contributed by atoms with Crippen LogP contribution in [0.15, 0.2) is 27.5 Å². The molecule has 0 bridgehead atoms. The fraction of sp³-hybridized carbons (Fsp3) is 0.182. The SMILES string of the molecule is CCOc1cc(Cl)c(-c2cscn2)cc1Br. The molecular formula is C11H9BrClNOS. The molecule has 0 aliphatic rings. The maximum atomic E-state index is 6.19. The predicted molar refractivity (Wildman–Crippen MR) is 71.4 cm³/mol. The monoisotopic (exact) mass is 317 g/mol. The van der Waals surface area contributed by atoms with Gasteiger partial charge in [0.25, 0.3) is 0 Å². The molecule has 0 saturated carbocycles. The summed E-state index contributed by atoms with van der Waals surface area (Å²) in [6, 6.07) is 3.74. The minimum absolute atomic E-state index is 0.616. The number of thiazole rings is 1. The summed E-state index contributed by atoms with van der Waals surface area (Å²) >= 11 is 11.2. The summed E-state index contributed by atoms with van der Waals surface area (Å²) in [4.78, 5) is 4.24. The van der Waals surface area contributed by atoms with Crippen molar-refractivity contribution >= 4 is 38.9 Å². The zero-order chi connectivity index (χ0) is 11.5. The molecule has 0 amide bonds. The first-order chi connectivity index (χ1) is 7.72. The second kappa shape index (κ2) is 5.17. The highest BCUT2D eigenvalue weighted by atomic mass is 79.9. The molecule has 1 aromatic heterocycles. The molecular weight excluding hydrogens is 310 g/mol. The van der Waals surface area contributed by atoms with Gasteiger partial charge in [0.15, 0.2) is 0 Å². The Kier molecular flexibility index (Phi) is 3.84. The largest absolute Gasteiger partial charge is 0.493 e. The summed E-state index contributed by atoms with van der Waals surface area (Å²) in [5.74, 6) is 0.756.